The van der Waals surface area contributed by atoms with Crippen molar-refractivity contribution in [3.05, 3.63) is 0 Å². The average Bonchev–Trinajstić information content (AvgIpc) is 2.22. The van der Waals surface area contributed by atoms with Crippen LogP contribution in [0.1, 0.15) is 27.7 Å². The summed E-state index contributed by atoms with van der Waals surface area (Å²) in [6.45, 7) is 15.8. The number of nitrogens with zero attached hydrogens (tertiary/aromatic N) is 1. The first-order chi connectivity index (χ1) is 9.86. The summed E-state index contributed by atoms with van der Waals surface area (Å²) in [7, 11) is 0.552. The van der Waals surface area contributed by atoms with Gasteiger partial charge in [-0.2, -0.15) is 0 Å². The van der Waals surface area contributed by atoms with Crippen LogP contribution in [0.3, 0.4) is 0 Å². The molecular weight excluding hydrogens is 294 g/mol. The molecule has 1 fully saturated rings. The highest BCUT2D eigenvalue weighted by atomic mass is 28.3. The van der Waals surface area contributed by atoms with Crippen molar-refractivity contribution < 1.29 is 14.3 Å². The normalized spacial score (nSPS) is 18.8. The smallest absolute Gasteiger partial charge is 0.410 e. The first-order valence-electron chi connectivity index (χ1n) is 7.92. The van der Waals surface area contributed by atoms with Gasteiger partial charge in [-0.25, -0.2) is 4.79 Å². The second kappa shape index (κ2) is 6.63. The molecule has 1 saturated heterocycles. The zero-order valence-electron chi connectivity index (χ0n) is 15.4. The third-order valence-electron chi connectivity index (χ3n) is 3.40. The highest BCUT2D eigenvalue weighted by Gasteiger charge is 2.46. The van der Waals surface area contributed by atoms with Crippen molar-refractivity contribution in [2.24, 2.45) is 5.92 Å². The lowest BCUT2D eigenvalue weighted by molar-refractivity contribution is -0.0852. The summed E-state index contributed by atoms with van der Waals surface area (Å²) in [5, 5.41) is 0. The SMILES string of the molecule is COC1(C#CC(C)C[Si](C)(C)C)CN(C(=O)OC(C)(C)C)C1. The topological polar surface area (TPSA) is 38.8 Å². The molecule has 1 amide bonds. The van der Waals surface area contributed by atoms with Gasteiger partial charge < -0.3 is 14.4 Å². The Morgan fingerprint density at radius 2 is 1.86 bits per heavy atom. The van der Waals surface area contributed by atoms with Crippen molar-refractivity contribution in [3.63, 3.8) is 0 Å². The summed E-state index contributed by atoms with van der Waals surface area (Å²) < 4.78 is 10.9. The van der Waals surface area contributed by atoms with Gasteiger partial charge in [0.05, 0.1) is 13.1 Å². The van der Waals surface area contributed by atoms with Crippen molar-refractivity contribution in [1.82, 2.24) is 4.90 Å². The first-order valence-corrected chi connectivity index (χ1v) is 11.6. The predicted octanol–water partition coefficient (Wildman–Crippen LogP) is 3.60. The maximum Gasteiger partial charge on any atom is 0.410 e. The Labute approximate surface area is 136 Å². The molecule has 5 heteroatoms. The maximum absolute atomic E-state index is 12.0. The molecule has 1 atom stereocenters. The van der Waals surface area contributed by atoms with E-state index in [2.05, 4.69) is 38.4 Å². The molecule has 1 unspecified atom stereocenters. The molecule has 1 heterocycles. The van der Waals surface area contributed by atoms with Crippen LogP contribution in [0.25, 0.3) is 0 Å². The van der Waals surface area contributed by atoms with Gasteiger partial charge in [0.25, 0.3) is 0 Å². The molecule has 0 radical (unpaired) electrons. The monoisotopic (exact) mass is 325 g/mol. The number of likely N-dealkylation sites (tertiary alicyclic amines) is 1. The summed E-state index contributed by atoms with van der Waals surface area (Å²) in [6.07, 6.45) is -0.294. The fourth-order valence-corrected chi connectivity index (χ4v) is 4.45. The number of ether oxygens (including phenoxy) is 2. The van der Waals surface area contributed by atoms with Crippen LogP contribution in [0.2, 0.25) is 25.7 Å². The van der Waals surface area contributed by atoms with Gasteiger partial charge in [0.1, 0.15) is 5.60 Å². The van der Waals surface area contributed by atoms with E-state index in [0.29, 0.717) is 19.0 Å². The van der Waals surface area contributed by atoms with Crippen molar-refractivity contribution in [2.45, 2.75) is 64.6 Å². The molecular formula is C17H31NO3Si. The van der Waals surface area contributed by atoms with E-state index in [9.17, 15) is 4.79 Å². The largest absolute Gasteiger partial charge is 0.444 e. The third-order valence-corrected chi connectivity index (χ3v) is 5.24. The van der Waals surface area contributed by atoms with Crippen LogP contribution in [0.4, 0.5) is 4.79 Å². The van der Waals surface area contributed by atoms with Gasteiger partial charge in [0, 0.05) is 21.1 Å². The molecule has 1 rings (SSSR count). The minimum atomic E-state index is -1.11. The van der Waals surface area contributed by atoms with Crippen molar-refractivity contribution in [2.75, 3.05) is 20.2 Å². The Bertz CT molecular complexity index is 459. The Balaban J connectivity index is 2.60. The molecule has 1 aliphatic heterocycles. The van der Waals surface area contributed by atoms with Gasteiger partial charge in [0.15, 0.2) is 5.60 Å². The number of hydrogen-bond donors (Lipinski definition) is 0. The van der Waals surface area contributed by atoms with Crippen molar-refractivity contribution in [3.8, 4) is 11.8 Å². The molecule has 1 aliphatic rings. The Morgan fingerprint density at radius 3 is 2.27 bits per heavy atom. The van der Waals surface area contributed by atoms with E-state index in [1.54, 1.807) is 12.0 Å². The van der Waals surface area contributed by atoms with E-state index in [4.69, 9.17) is 9.47 Å². The molecule has 0 aromatic rings. The summed E-state index contributed by atoms with van der Waals surface area (Å²) in [6, 6.07) is 1.18. The van der Waals surface area contributed by atoms with Gasteiger partial charge in [-0.1, -0.05) is 38.4 Å². The maximum atomic E-state index is 12.0. The molecule has 0 bridgehead atoms. The number of methoxy groups -OCH3 is 1. The van der Waals surface area contributed by atoms with E-state index in [0.717, 1.165) is 0 Å². The molecule has 0 saturated carbocycles. The predicted molar refractivity (Wildman–Crippen MR) is 92.6 cm³/mol. The van der Waals surface area contributed by atoms with Crippen LogP contribution >= 0.6 is 0 Å². The zero-order chi connectivity index (χ0) is 17.2. The molecule has 22 heavy (non-hydrogen) atoms. The van der Waals surface area contributed by atoms with Crippen LogP contribution in [-0.2, 0) is 9.47 Å². The summed E-state index contributed by atoms with van der Waals surface area (Å²) in [5.74, 6) is 6.94. The van der Waals surface area contributed by atoms with Gasteiger partial charge in [-0.3, -0.25) is 0 Å². The van der Waals surface area contributed by atoms with Gasteiger partial charge in [-0.15, -0.1) is 0 Å². The van der Waals surface area contributed by atoms with E-state index in [1.807, 2.05) is 20.8 Å². The molecule has 126 valence electrons. The molecule has 0 aromatic heterocycles. The lowest BCUT2D eigenvalue weighted by Gasteiger charge is -2.45. The number of carbonyl (C=O) groups is 1. The van der Waals surface area contributed by atoms with E-state index >= 15 is 0 Å². The highest BCUT2D eigenvalue weighted by molar-refractivity contribution is 6.76. The average molecular weight is 326 g/mol. The second-order valence-corrected chi connectivity index (χ2v) is 14.0. The fourth-order valence-electron chi connectivity index (χ4n) is 2.51. The van der Waals surface area contributed by atoms with Crippen molar-refractivity contribution in [1.29, 1.82) is 0 Å². The second-order valence-electron chi connectivity index (χ2n) is 8.47. The van der Waals surface area contributed by atoms with Crippen LogP contribution < -0.4 is 0 Å². The van der Waals surface area contributed by atoms with Crippen LogP contribution in [-0.4, -0.2) is 50.5 Å². The zero-order valence-corrected chi connectivity index (χ0v) is 16.4. The van der Waals surface area contributed by atoms with Crippen LogP contribution in [0, 0.1) is 17.8 Å². The molecule has 0 spiro atoms. The van der Waals surface area contributed by atoms with Gasteiger partial charge in [0.2, 0.25) is 0 Å². The molecule has 0 N–H and O–H groups in total. The number of amides is 1. The molecule has 4 nitrogen and oxygen atoms in total. The van der Waals surface area contributed by atoms with E-state index < -0.39 is 19.3 Å². The minimum absolute atomic E-state index is 0.294. The van der Waals surface area contributed by atoms with Crippen molar-refractivity contribution >= 4 is 14.2 Å². The summed E-state index contributed by atoms with van der Waals surface area (Å²) in [4.78, 5) is 13.6. The fraction of sp³-hybridized carbons (Fsp3) is 0.824. The summed E-state index contributed by atoms with van der Waals surface area (Å²) in [5.41, 5.74) is -0.995. The highest BCUT2D eigenvalue weighted by Crippen LogP contribution is 2.26. The number of hydrogen-bond acceptors (Lipinski definition) is 3. The molecule has 0 aliphatic carbocycles. The minimum Gasteiger partial charge on any atom is -0.444 e. The van der Waals surface area contributed by atoms with Crippen LogP contribution in [0.15, 0.2) is 0 Å². The summed E-state index contributed by atoms with van der Waals surface area (Å²) >= 11 is 0. The van der Waals surface area contributed by atoms with E-state index in [1.165, 1.54) is 6.04 Å². The lowest BCUT2D eigenvalue weighted by Crippen LogP contribution is -2.64. The Kier molecular flexibility index (Phi) is 5.75. The first kappa shape index (κ1) is 19.1. The standard InChI is InChI=1S/C17H31NO3Si/c1-14(11-22(6,7)8)9-10-17(20-5)12-18(13-17)15(19)21-16(2,3)4/h14H,11-13H2,1-8H3. The van der Waals surface area contributed by atoms with E-state index in [-0.39, 0.29) is 6.09 Å². The van der Waals surface area contributed by atoms with Gasteiger partial charge in [-0.05, 0) is 26.8 Å². The van der Waals surface area contributed by atoms with Crippen LogP contribution in [0.5, 0.6) is 0 Å². The number of rotatable bonds is 3. The lowest BCUT2D eigenvalue weighted by atomic mass is 9.94. The third kappa shape index (κ3) is 6.02. The van der Waals surface area contributed by atoms with Gasteiger partial charge >= 0.3 is 6.09 Å². The Hall–Kier alpha value is -0.993. The number of carbonyl (C=O) groups excluding carboxylic acids is 1. The Morgan fingerprint density at radius 1 is 1.32 bits per heavy atom. The molecule has 0 aromatic carbocycles. The quantitative estimate of drug-likeness (QED) is 0.588.